The van der Waals surface area contributed by atoms with Crippen LogP contribution >= 0.6 is 0 Å². The zero-order valence-corrected chi connectivity index (χ0v) is 22.9. The Labute approximate surface area is 226 Å². The van der Waals surface area contributed by atoms with E-state index >= 15 is 0 Å². The van der Waals surface area contributed by atoms with Gasteiger partial charge in [0, 0.05) is 26.1 Å². The first-order valence-corrected chi connectivity index (χ1v) is 14.8. The van der Waals surface area contributed by atoms with Crippen LogP contribution in [0.5, 0.6) is 0 Å². The molecule has 0 saturated carbocycles. The second-order valence-electron chi connectivity index (χ2n) is 9.37. The minimum atomic E-state index is -3.70. The van der Waals surface area contributed by atoms with Crippen LogP contribution in [0.25, 0.3) is 0 Å². The van der Waals surface area contributed by atoms with Gasteiger partial charge in [-0.25, -0.2) is 8.42 Å². The molecule has 0 aliphatic rings. The third-order valence-electron chi connectivity index (χ3n) is 6.28. The summed E-state index contributed by atoms with van der Waals surface area (Å²) in [5, 5.41) is 2.98. The maximum Gasteiger partial charge on any atom is 0.243 e. The summed E-state index contributed by atoms with van der Waals surface area (Å²) in [6, 6.07) is 27.3. The molecule has 0 unspecified atom stereocenters. The first-order valence-electron chi connectivity index (χ1n) is 12.9. The number of hydrogen-bond donors (Lipinski definition) is 1. The molecule has 0 aliphatic carbocycles. The Bertz CT molecular complexity index is 1250. The highest BCUT2D eigenvalue weighted by Gasteiger charge is 2.32. The van der Waals surface area contributed by atoms with Crippen molar-refractivity contribution in [3.8, 4) is 0 Å². The van der Waals surface area contributed by atoms with Gasteiger partial charge in [0.25, 0.3) is 0 Å². The number of amides is 2. The fourth-order valence-electron chi connectivity index (χ4n) is 4.16. The molecule has 3 rings (SSSR count). The molecule has 7 nitrogen and oxygen atoms in total. The predicted molar refractivity (Wildman–Crippen MR) is 151 cm³/mol. The molecular weight excluding hydrogens is 498 g/mol. The third-order valence-corrected chi connectivity index (χ3v) is 7.48. The Hall–Kier alpha value is -3.49. The second-order valence-corrected chi connectivity index (χ2v) is 11.4. The van der Waals surface area contributed by atoms with E-state index in [1.165, 1.54) is 4.90 Å². The van der Waals surface area contributed by atoms with Crippen molar-refractivity contribution in [1.29, 1.82) is 0 Å². The SMILES string of the molecule is CCCCNC(=O)[C@H](Cc1ccccc1)N(Cc1ccccc1)C(=O)CN(Cc1ccccc1)S(C)(=O)=O. The van der Waals surface area contributed by atoms with Crippen molar-refractivity contribution >= 4 is 21.8 Å². The van der Waals surface area contributed by atoms with Crippen molar-refractivity contribution in [3.63, 3.8) is 0 Å². The fourth-order valence-corrected chi connectivity index (χ4v) is 4.89. The summed E-state index contributed by atoms with van der Waals surface area (Å²) >= 11 is 0. The molecule has 38 heavy (non-hydrogen) atoms. The molecule has 0 aromatic heterocycles. The van der Waals surface area contributed by atoms with E-state index in [9.17, 15) is 18.0 Å². The summed E-state index contributed by atoms with van der Waals surface area (Å²) in [6.45, 7) is 2.44. The molecule has 0 bridgehead atoms. The Morgan fingerprint density at radius 3 is 1.79 bits per heavy atom. The van der Waals surface area contributed by atoms with Gasteiger partial charge in [-0.15, -0.1) is 0 Å². The molecule has 1 N–H and O–H groups in total. The molecule has 0 radical (unpaired) electrons. The van der Waals surface area contributed by atoms with Crippen LogP contribution in [0.3, 0.4) is 0 Å². The first-order chi connectivity index (χ1) is 18.3. The lowest BCUT2D eigenvalue weighted by Crippen LogP contribution is -2.53. The van der Waals surface area contributed by atoms with E-state index in [2.05, 4.69) is 5.32 Å². The third kappa shape index (κ3) is 9.11. The minimum absolute atomic E-state index is 0.0661. The average Bonchev–Trinajstić information content (AvgIpc) is 2.91. The number of nitrogens with zero attached hydrogens (tertiary/aromatic N) is 2. The second kappa shape index (κ2) is 14.4. The van der Waals surface area contributed by atoms with E-state index in [0.29, 0.717) is 13.0 Å². The summed E-state index contributed by atoms with van der Waals surface area (Å²) < 4.78 is 26.6. The van der Waals surface area contributed by atoms with Gasteiger partial charge in [-0.2, -0.15) is 4.31 Å². The van der Waals surface area contributed by atoms with E-state index in [1.807, 2.05) is 97.9 Å². The highest BCUT2D eigenvalue weighted by atomic mass is 32.2. The van der Waals surface area contributed by atoms with Gasteiger partial charge in [0.2, 0.25) is 21.8 Å². The number of benzene rings is 3. The summed E-state index contributed by atoms with van der Waals surface area (Å²) in [6.07, 6.45) is 3.17. The van der Waals surface area contributed by atoms with Gasteiger partial charge in [-0.3, -0.25) is 9.59 Å². The van der Waals surface area contributed by atoms with E-state index in [0.717, 1.165) is 40.1 Å². The number of sulfonamides is 1. The maximum atomic E-state index is 13.9. The topological polar surface area (TPSA) is 86.8 Å². The van der Waals surface area contributed by atoms with E-state index in [4.69, 9.17) is 0 Å². The zero-order valence-electron chi connectivity index (χ0n) is 22.1. The average molecular weight is 536 g/mol. The highest BCUT2D eigenvalue weighted by molar-refractivity contribution is 7.88. The molecule has 202 valence electrons. The lowest BCUT2D eigenvalue weighted by Gasteiger charge is -2.33. The fraction of sp³-hybridized carbons (Fsp3) is 0.333. The standard InChI is InChI=1S/C30H37N3O4S/c1-3-4-20-31-30(35)28(21-25-14-8-5-9-15-25)33(23-27-18-12-7-13-19-27)29(34)24-32(38(2,36)37)22-26-16-10-6-11-17-26/h5-19,28H,3-4,20-24H2,1-2H3,(H,31,35)/t28-/m0/s1. The molecule has 3 aromatic carbocycles. The van der Waals surface area contributed by atoms with Gasteiger partial charge < -0.3 is 10.2 Å². The van der Waals surface area contributed by atoms with E-state index in [-0.39, 0.29) is 25.5 Å². The molecule has 1 atom stereocenters. The van der Waals surface area contributed by atoms with Crippen molar-refractivity contribution < 1.29 is 18.0 Å². The van der Waals surface area contributed by atoms with Crippen molar-refractivity contribution in [3.05, 3.63) is 108 Å². The number of carbonyl (C=O) groups excluding carboxylic acids is 2. The smallest absolute Gasteiger partial charge is 0.243 e. The lowest BCUT2D eigenvalue weighted by atomic mass is 10.0. The highest BCUT2D eigenvalue weighted by Crippen LogP contribution is 2.17. The van der Waals surface area contributed by atoms with Gasteiger partial charge in [0.15, 0.2) is 0 Å². The van der Waals surface area contributed by atoms with Crippen LogP contribution in [-0.4, -0.2) is 54.8 Å². The molecule has 3 aromatic rings. The quantitative estimate of drug-likeness (QED) is 0.316. The van der Waals surface area contributed by atoms with Crippen molar-refractivity contribution in [2.75, 3.05) is 19.3 Å². The Kier molecular flexibility index (Phi) is 11.1. The van der Waals surface area contributed by atoms with Crippen LogP contribution in [0.2, 0.25) is 0 Å². The molecule has 0 fully saturated rings. The van der Waals surface area contributed by atoms with Gasteiger partial charge >= 0.3 is 0 Å². The van der Waals surface area contributed by atoms with Crippen LogP contribution in [0.1, 0.15) is 36.5 Å². The summed E-state index contributed by atoms with van der Waals surface area (Å²) in [5.41, 5.74) is 2.55. The van der Waals surface area contributed by atoms with E-state index < -0.39 is 22.0 Å². The predicted octanol–water partition coefficient (Wildman–Crippen LogP) is 4.00. The van der Waals surface area contributed by atoms with Crippen molar-refractivity contribution in [2.24, 2.45) is 0 Å². The number of rotatable bonds is 14. The van der Waals surface area contributed by atoms with Crippen LogP contribution in [0.4, 0.5) is 0 Å². The van der Waals surface area contributed by atoms with Gasteiger partial charge in [-0.05, 0) is 23.1 Å². The normalized spacial score (nSPS) is 12.2. The maximum absolute atomic E-state index is 13.9. The summed E-state index contributed by atoms with van der Waals surface area (Å²) in [4.78, 5) is 28.9. The van der Waals surface area contributed by atoms with Gasteiger partial charge in [0.1, 0.15) is 6.04 Å². The monoisotopic (exact) mass is 535 g/mol. The summed E-state index contributed by atoms with van der Waals surface area (Å²) in [7, 11) is -3.70. The van der Waals surface area contributed by atoms with Crippen LogP contribution in [0.15, 0.2) is 91.0 Å². The zero-order chi connectivity index (χ0) is 27.4. The number of unbranched alkanes of at least 4 members (excludes halogenated alkanes) is 1. The molecule has 2 amide bonds. The minimum Gasteiger partial charge on any atom is -0.354 e. The lowest BCUT2D eigenvalue weighted by molar-refractivity contribution is -0.141. The van der Waals surface area contributed by atoms with Crippen LogP contribution < -0.4 is 5.32 Å². The molecule has 0 saturated heterocycles. The van der Waals surface area contributed by atoms with Crippen LogP contribution in [-0.2, 0) is 39.1 Å². The largest absolute Gasteiger partial charge is 0.354 e. The number of hydrogen-bond acceptors (Lipinski definition) is 4. The van der Waals surface area contributed by atoms with Crippen molar-refractivity contribution in [1.82, 2.24) is 14.5 Å². The molecule has 0 aliphatic heterocycles. The Morgan fingerprint density at radius 1 is 0.789 bits per heavy atom. The molecular formula is C30H37N3O4S. The first kappa shape index (κ1) is 29.1. The van der Waals surface area contributed by atoms with Crippen molar-refractivity contribution in [2.45, 2.75) is 45.3 Å². The van der Waals surface area contributed by atoms with Crippen LogP contribution in [0, 0.1) is 0 Å². The van der Waals surface area contributed by atoms with Gasteiger partial charge in [0.05, 0.1) is 12.8 Å². The molecule has 0 spiro atoms. The molecule has 0 heterocycles. The Morgan fingerprint density at radius 2 is 1.29 bits per heavy atom. The summed E-state index contributed by atoms with van der Waals surface area (Å²) in [5.74, 6) is -0.678. The number of carbonyl (C=O) groups is 2. The van der Waals surface area contributed by atoms with Gasteiger partial charge in [-0.1, -0.05) is 104 Å². The number of nitrogens with one attached hydrogen (secondary N) is 1. The Balaban J connectivity index is 1.95. The molecule has 8 heteroatoms. The van der Waals surface area contributed by atoms with E-state index in [1.54, 1.807) is 0 Å².